The number of nitrogens with zero attached hydrogens (tertiary/aromatic N) is 1. The van der Waals surface area contributed by atoms with Gasteiger partial charge in [0.05, 0.1) is 6.04 Å². The number of carbonyl (C=O) groups is 1. The molecule has 0 bridgehead atoms. The molecule has 94 valence electrons. The monoisotopic (exact) mass is 256 g/mol. The van der Waals surface area contributed by atoms with Gasteiger partial charge < -0.3 is 5.32 Å². The molecule has 0 radical (unpaired) electrons. The quantitative estimate of drug-likeness (QED) is 0.732. The van der Waals surface area contributed by atoms with Gasteiger partial charge in [0.15, 0.2) is 5.17 Å². The van der Waals surface area contributed by atoms with Crippen molar-refractivity contribution >= 4 is 22.8 Å². The van der Waals surface area contributed by atoms with Crippen LogP contribution >= 0.6 is 11.8 Å². The van der Waals surface area contributed by atoms with E-state index < -0.39 is 6.17 Å². The zero-order chi connectivity index (χ0) is 12.4. The smallest absolute Gasteiger partial charge is 0.222 e. The number of carbonyl (C=O) groups excluding carboxylic acids is 1. The second-order valence-corrected chi connectivity index (χ2v) is 5.90. The molecule has 2 aliphatic rings. The van der Waals surface area contributed by atoms with Crippen molar-refractivity contribution in [2.24, 2.45) is 4.99 Å². The van der Waals surface area contributed by atoms with Gasteiger partial charge in [-0.2, -0.15) is 0 Å². The van der Waals surface area contributed by atoms with Crippen LogP contribution in [0.2, 0.25) is 0 Å². The molecular weight excluding hydrogens is 239 g/mol. The van der Waals surface area contributed by atoms with Gasteiger partial charge in [-0.1, -0.05) is 24.8 Å². The van der Waals surface area contributed by atoms with Crippen LogP contribution in [-0.2, 0) is 4.79 Å². The molecule has 0 saturated heterocycles. The van der Waals surface area contributed by atoms with Crippen LogP contribution in [-0.4, -0.2) is 28.5 Å². The van der Waals surface area contributed by atoms with Gasteiger partial charge in [0.2, 0.25) is 5.91 Å². The van der Waals surface area contributed by atoms with E-state index in [4.69, 9.17) is 0 Å². The SMILES string of the molecule is CC(=O)NC1=NC(C2=CCC(F)CC2)C(C)S1. The van der Waals surface area contributed by atoms with Crippen molar-refractivity contribution in [3.8, 4) is 0 Å². The lowest BCUT2D eigenvalue weighted by molar-refractivity contribution is -0.117. The van der Waals surface area contributed by atoms with Crippen LogP contribution in [0.1, 0.15) is 33.1 Å². The van der Waals surface area contributed by atoms with Crippen LogP contribution in [0.15, 0.2) is 16.6 Å². The Hall–Kier alpha value is -0.840. The molecule has 0 aromatic heterocycles. The van der Waals surface area contributed by atoms with Gasteiger partial charge in [-0.05, 0) is 24.8 Å². The van der Waals surface area contributed by atoms with Crippen LogP contribution in [0.25, 0.3) is 0 Å². The van der Waals surface area contributed by atoms with Gasteiger partial charge >= 0.3 is 0 Å². The molecule has 17 heavy (non-hydrogen) atoms. The fourth-order valence-electron chi connectivity index (χ4n) is 2.19. The van der Waals surface area contributed by atoms with E-state index in [0.29, 0.717) is 23.3 Å². The van der Waals surface area contributed by atoms with Gasteiger partial charge in [-0.15, -0.1) is 0 Å². The maximum Gasteiger partial charge on any atom is 0.222 e. The van der Waals surface area contributed by atoms with Crippen LogP contribution in [0.5, 0.6) is 0 Å². The van der Waals surface area contributed by atoms with Gasteiger partial charge in [-0.3, -0.25) is 9.79 Å². The Morgan fingerprint density at radius 2 is 2.41 bits per heavy atom. The molecular formula is C12H17FN2OS. The number of nitrogens with one attached hydrogen (secondary N) is 1. The molecule has 1 aliphatic carbocycles. The van der Waals surface area contributed by atoms with Crippen molar-refractivity contribution in [1.82, 2.24) is 5.32 Å². The fraction of sp³-hybridized carbons (Fsp3) is 0.667. The first-order valence-electron chi connectivity index (χ1n) is 5.91. The van der Waals surface area contributed by atoms with Crippen molar-refractivity contribution in [2.75, 3.05) is 0 Å². The molecule has 0 aromatic rings. The average molecular weight is 256 g/mol. The Labute approximate surface area is 105 Å². The number of hydrogen-bond acceptors (Lipinski definition) is 3. The Balaban J connectivity index is 2.06. The molecule has 0 fully saturated rings. The van der Waals surface area contributed by atoms with E-state index in [1.807, 2.05) is 6.08 Å². The molecule has 0 spiro atoms. The van der Waals surface area contributed by atoms with E-state index in [1.165, 1.54) is 12.5 Å². The first-order chi connectivity index (χ1) is 8.06. The number of aliphatic imine (C=N–C) groups is 1. The highest BCUT2D eigenvalue weighted by Gasteiger charge is 2.31. The molecule has 0 aromatic carbocycles. The number of rotatable bonds is 1. The summed E-state index contributed by atoms with van der Waals surface area (Å²) in [5.74, 6) is -0.0921. The van der Waals surface area contributed by atoms with Crippen LogP contribution in [0.4, 0.5) is 4.39 Å². The summed E-state index contributed by atoms with van der Waals surface area (Å²) < 4.78 is 13.0. The van der Waals surface area contributed by atoms with E-state index in [0.717, 1.165) is 6.42 Å². The Morgan fingerprint density at radius 1 is 1.65 bits per heavy atom. The lowest BCUT2D eigenvalue weighted by Gasteiger charge is -2.21. The molecule has 2 rings (SSSR count). The number of allylic oxidation sites excluding steroid dienone is 1. The maximum absolute atomic E-state index is 13.0. The van der Waals surface area contributed by atoms with E-state index in [9.17, 15) is 9.18 Å². The highest BCUT2D eigenvalue weighted by Crippen LogP contribution is 2.34. The number of amides is 1. The van der Waals surface area contributed by atoms with Crippen molar-refractivity contribution < 1.29 is 9.18 Å². The lowest BCUT2D eigenvalue weighted by Crippen LogP contribution is -2.24. The summed E-state index contributed by atoms with van der Waals surface area (Å²) in [5.41, 5.74) is 1.22. The predicted octanol–water partition coefficient (Wildman–Crippen LogP) is 2.43. The second-order valence-electron chi connectivity index (χ2n) is 4.53. The lowest BCUT2D eigenvalue weighted by atomic mass is 9.92. The topological polar surface area (TPSA) is 41.5 Å². The van der Waals surface area contributed by atoms with E-state index in [2.05, 4.69) is 17.2 Å². The second kappa shape index (κ2) is 5.21. The molecule has 5 heteroatoms. The average Bonchev–Trinajstić information content (AvgIpc) is 2.59. The third-order valence-electron chi connectivity index (χ3n) is 3.04. The summed E-state index contributed by atoms with van der Waals surface area (Å²) in [6, 6.07) is 0.106. The molecule has 0 saturated carbocycles. The standard InChI is InChI=1S/C12H17FN2OS/c1-7-11(9-3-5-10(13)6-4-9)15-12(17-7)14-8(2)16/h3,7,10-11H,4-6H2,1-2H3,(H,14,15,16). The zero-order valence-corrected chi connectivity index (χ0v) is 10.9. The Kier molecular flexibility index (Phi) is 3.86. The van der Waals surface area contributed by atoms with Crippen LogP contribution in [0.3, 0.4) is 0 Å². The third-order valence-corrected chi connectivity index (χ3v) is 4.10. The minimum Gasteiger partial charge on any atom is -0.306 e. The highest BCUT2D eigenvalue weighted by molar-refractivity contribution is 8.14. The van der Waals surface area contributed by atoms with Gasteiger partial charge in [0.1, 0.15) is 6.17 Å². The van der Waals surface area contributed by atoms with Crippen molar-refractivity contribution in [3.05, 3.63) is 11.6 Å². The minimum absolute atomic E-state index is 0.0921. The summed E-state index contributed by atoms with van der Waals surface area (Å²) in [6.45, 7) is 3.57. The molecule has 3 unspecified atom stereocenters. The van der Waals surface area contributed by atoms with Crippen LogP contribution < -0.4 is 5.32 Å². The first kappa shape index (κ1) is 12.6. The van der Waals surface area contributed by atoms with E-state index >= 15 is 0 Å². The number of amidine groups is 1. The molecule has 1 aliphatic heterocycles. The van der Waals surface area contributed by atoms with Gasteiger partial charge in [-0.25, -0.2) is 4.39 Å². The molecule has 1 amide bonds. The minimum atomic E-state index is -0.693. The normalized spacial score (nSPS) is 33.0. The number of thioether (sulfide) groups is 1. The first-order valence-corrected chi connectivity index (χ1v) is 6.79. The summed E-state index contributed by atoms with van der Waals surface area (Å²) in [6.07, 6.45) is 3.18. The van der Waals surface area contributed by atoms with E-state index in [1.54, 1.807) is 11.8 Å². The van der Waals surface area contributed by atoms with Crippen molar-refractivity contribution in [2.45, 2.75) is 50.6 Å². The van der Waals surface area contributed by atoms with E-state index in [-0.39, 0.29) is 11.9 Å². The number of hydrogen-bond donors (Lipinski definition) is 1. The molecule has 1 heterocycles. The third kappa shape index (κ3) is 3.09. The summed E-state index contributed by atoms with van der Waals surface area (Å²) in [7, 11) is 0. The molecule has 3 nitrogen and oxygen atoms in total. The number of halogens is 1. The van der Waals surface area contributed by atoms with Crippen molar-refractivity contribution in [3.63, 3.8) is 0 Å². The molecule has 3 atom stereocenters. The van der Waals surface area contributed by atoms with Gasteiger partial charge in [0, 0.05) is 12.2 Å². The summed E-state index contributed by atoms with van der Waals surface area (Å²) >= 11 is 1.58. The molecule has 1 N–H and O–H groups in total. The summed E-state index contributed by atoms with van der Waals surface area (Å²) in [5, 5.41) is 3.73. The van der Waals surface area contributed by atoms with Crippen molar-refractivity contribution in [1.29, 1.82) is 0 Å². The Morgan fingerprint density at radius 3 is 3.00 bits per heavy atom. The predicted molar refractivity (Wildman–Crippen MR) is 68.9 cm³/mol. The largest absolute Gasteiger partial charge is 0.306 e. The van der Waals surface area contributed by atoms with Gasteiger partial charge in [0.25, 0.3) is 0 Å². The zero-order valence-electron chi connectivity index (χ0n) is 10.1. The highest BCUT2D eigenvalue weighted by atomic mass is 32.2. The number of alkyl halides is 1. The summed E-state index contributed by atoms with van der Waals surface area (Å²) in [4.78, 5) is 15.5. The fourth-order valence-corrected chi connectivity index (χ4v) is 3.28. The van der Waals surface area contributed by atoms with Crippen LogP contribution in [0, 0.1) is 0 Å². The Bertz CT molecular complexity index is 381. The maximum atomic E-state index is 13.0.